The fourth-order valence-electron chi connectivity index (χ4n) is 2.32. The number of benzene rings is 1. The first-order valence-corrected chi connectivity index (χ1v) is 9.13. The summed E-state index contributed by atoms with van der Waals surface area (Å²) in [6.45, 7) is 3.52. The van der Waals surface area contributed by atoms with Crippen LogP contribution in [0.15, 0.2) is 24.3 Å². The molecule has 1 N–H and O–H groups in total. The lowest BCUT2D eigenvalue weighted by Gasteiger charge is -2.22. The molecule has 0 unspecified atom stereocenters. The molecule has 0 bridgehead atoms. The van der Waals surface area contributed by atoms with Gasteiger partial charge in [-0.05, 0) is 32.0 Å². The lowest BCUT2D eigenvalue weighted by molar-refractivity contribution is -0.137. The van der Waals surface area contributed by atoms with Crippen molar-refractivity contribution in [3.63, 3.8) is 0 Å². The Morgan fingerprint density at radius 2 is 2.00 bits per heavy atom. The normalized spacial score (nSPS) is 11.4. The number of rotatable bonds is 7. The van der Waals surface area contributed by atoms with Crippen LogP contribution < -0.4 is 5.32 Å². The Morgan fingerprint density at radius 1 is 1.29 bits per heavy atom. The number of anilines is 1. The zero-order chi connectivity index (χ0) is 20.9. The standard InChI is InChI=1S/C18H20F3N3O3S/c1-11-12(2)28-17(22-11)23-15(25)10-24(7-8-27-3)16(26)13-5-4-6-14(9-13)18(19,20)21/h4-6,9H,7-8,10H2,1-3H3,(H,22,23,25). The SMILES string of the molecule is COCCN(CC(=O)Nc1nc(C)c(C)s1)C(=O)c1cccc(C(F)(F)F)c1. The summed E-state index contributed by atoms with van der Waals surface area (Å²) in [5.74, 6) is -1.19. The van der Waals surface area contributed by atoms with E-state index in [1.165, 1.54) is 24.5 Å². The Bertz CT molecular complexity index is 833. The van der Waals surface area contributed by atoms with Crippen molar-refractivity contribution in [1.82, 2.24) is 9.88 Å². The molecule has 10 heteroatoms. The third-order valence-electron chi connectivity index (χ3n) is 3.90. The van der Waals surface area contributed by atoms with E-state index in [9.17, 15) is 22.8 Å². The van der Waals surface area contributed by atoms with Crippen molar-refractivity contribution in [3.8, 4) is 0 Å². The largest absolute Gasteiger partial charge is 0.416 e. The van der Waals surface area contributed by atoms with Crippen molar-refractivity contribution in [1.29, 1.82) is 0 Å². The first-order valence-electron chi connectivity index (χ1n) is 8.31. The monoisotopic (exact) mass is 415 g/mol. The Hall–Kier alpha value is -2.46. The van der Waals surface area contributed by atoms with Crippen molar-refractivity contribution in [2.45, 2.75) is 20.0 Å². The lowest BCUT2D eigenvalue weighted by Crippen LogP contribution is -2.40. The van der Waals surface area contributed by atoms with Gasteiger partial charge in [-0.15, -0.1) is 11.3 Å². The molecule has 0 aliphatic carbocycles. The highest BCUT2D eigenvalue weighted by Crippen LogP contribution is 2.29. The van der Waals surface area contributed by atoms with Crippen LogP contribution in [0.3, 0.4) is 0 Å². The number of aryl methyl sites for hydroxylation is 2. The number of hydrogen-bond donors (Lipinski definition) is 1. The van der Waals surface area contributed by atoms with Gasteiger partial charge in [0.25, 0.3) is 5.91 Å². The molecule has 0 spiro atoms. The molecule has 2 rings (SSSR count). The molecule has 28 heavy (non-hydrogen) atoms. The van der Waals surface area contributed by atoms with E-state index in [1.54, 1.807) is 0 Å². The number of aromatic nitrogens is 1. The Labute approximate surface area is 164 Å². The molecule has 2 amide bonds. The van der Waals surface area contributed by atoms with E-state index in [0.29, 0.717) is 5.13 Å². The van der Waals surface area contributed by atoms with Crippen LogP contribution >= 0.6 is 11.3 Å². The lowest BCUT2D eigenvalue weighted by atomic mass is 10.1. The topological polar surface area (TPSA) is 71.5 Å². The average molecular weight is 415 g/mol. The highest BCUT2D eigenvalue weighted by Gasteiger charge is 2.31. The van der Waals surface area contributed by atoms with E-state index in [4.69, 9.17) is 4.74 Å². The second-order valence-electron chi connectivity index (χ2n) is 6.01. The number of carbonyl (C=O) groups is 2. The van der Waals surface area contributed by atoms with Gasteiger partial charge >= 0.3 is 6.18 Å². The van der Waals surface area contributed by atoms with E-state index >= 15 is 0 Å². The Kier molecular flexibility index (Phi) is 7.14. The molecule has 0 fully saturated rings. The number of thiazole rings is 1. The van der Waals surface area contributed by atoms with Gasteiger partial charge in [0.15, 0.2) is 5.13 Å². The van der Waals surface area contributed by atoms with Gasteiger partial charge in [-0.25, -0.2) is 4.98 Å². The number of hydrogen-bond acceptors (Lipinski definition) is 5. The van der Waals surface area contributed by atoms with Crippen molar-refractivity contribution in [3.05, 3.63) is 46.0 Å². The molecule has 2 aromatic rings. The number of methoxy groups -OCH3 is 1. The molecular weight excluding hydrogens is 395 g/mol. The van der Waals surface area contributed by atoms with Gasteiger partial charge in [0.1, 0.15) is 6.54 Å². The maximum Gasteiger partial charge on any atom is 0.416 e. The molecule has 0 atom stereocenters. The third-order valence-corrected chi connectivity index (χ3v) is 4.89. The molecule has 0 saturated heterocycles. The Morgan fingerprint density at radius 3 is 2.57 bits per heavy atom. The zero-order valence-electron chi connectivity index (χ0n) is 15.6. The minimum atomic E-state index is -4.56. The fourth-order valence-corrected chi connectivity index (χ4v) is 3.15. The van der Waals surface area contributed by atoms with E-state index in [2.05, 4.69) is 10.3 Å². The van der Waals surface area contributed by atoms with Crippen LogP contribution in [0.25, 0.3) is 0 Å². The number of ether oxygens (including phenoxy) is 1. The summed E-state index contributed by atoms with van der Waals surface area (Å²) >= 11 is 1.30. The summed E-state index contributed by atoms with van der Waals surface area (Å²) in [5, 5.41) is 3.01. The minimum absolute atomic E-state index is 0.0505. The highest BCUT2D eigenvalue weighted by molar-refractivity contribution is 7.15. The van der Waals surface area contributed by atoms with Crippen LogP contribution in [0.4, 0.5) is 18.3 Å². The van der Waals surface area contributed by atoms with Crippen LogP contribution in [0.2, 0.25) is 0 Å². The summed E-state index contributed by atoms with van der Waals surface area (Å²) < 4.78 is 43.7. The molecule has 1 aromatic carbocycles. The summed E-state index contributed by atoms with van der Waals surface area (Å²) in [4.78, 5) is 31.3. The van der Waals surface area contributed by atoms with Crippen molar-refractivity contribution in [2.24, 2.45) is 0 Å². The van der Waals surface area contributed by atoms with Gasteiger partial charge in [-0.1, -0.05) is 6.07 Å². The first kappa shape index (κ1) is 21.8. The van der Waals surface area contributed by atoms with Crippen LogP contribution in [0.1, 0.15) is 26.5 Å². The summed E-state index contributed by atoms with van der Waals surface area (Å²) in [6.07, 6.45) is -4.56. The van der Waals surface area contributed by atoms with Gasteiger partial charge in [0, 0.05) is 24.1 Å². The number of alkyl halides is 3. The molecule has 0 aliphatic heterocycles. The fraction of sp³-hybridized carbons (Fsp3) is 0.389. The molecule has 0 radical (unpaired) electrons. The van der Waals surface area contributed by atoms with Crippen molar-refractivity contribution >= 4 is 28.3 Å². The van der Waals surface area contributed by atoms with Crippen LogP contribution in [-0.4, -0.2) is 48.5 Å². The minimum Gasteiger partial charge on any atom is -0.383 e. The first-order chi connectivity index (χ1) is 13.1. The van der Waals surface area contributed by atoms with E-state index < -0.39 is 23.6 Å². The van der Waals surface area contributed by atoms with E-state index in [-0.39, 0.29) is 25.3 Å². The van der Waals surface area contributed by atoms with Gasteiger partial charge in [-0.2, -0.15) is 13.2 Å². The van der Waals surface area contributed by atoms with Gasteiger partial charge in [0.05, 0.1) is 17.9 Å². The van der Waals surface area contributed by atoms with Crippen LogP contribution in [-0.2, 0) is 15.7 Å². The maximum atomic E-state index is 12.9. The summed E-state index contributed by atoms with van der Waals surface area (Å²) in [6, 6.07) is 4.10. The predicted octanol–water partition coefficient (Wildman–Crippen LogP) is 3.51. The molecule has 152 valence electrons. The molecule has 6 nitrogen and oxygen atoms in total. The predicted molar refractivity (Wildman–Crippen MR) is 99.4 cm³/mol. The summed E-state index contributed by atoms with van der Waals surface area (Å²) in [5.41, 5.74) is -0.292. The number of nitrogens with one attached hydrogen (secondary N) is 1. The summed E-state index contributed by atoms with van der Waals surface area (Å²) in [7, 11) is 1.42. The van der Waals surface area contributed by atoms with Crippen molar-refractivity contribution < 1.29 is 27.5 Å². The second kappa shape index (κ2) is 9.16. The Balaban J connectivity index is 2.15. The average Bonchev–Trinajstić information content (AvgIpc) is 2.94. The zero-order valence-corrected chi connectivity index (χ0v) is 16.4. The van der Waals surface area contributed by atoms with E-state index in [1.807, 2.05) is 13.8 Å². The molecule has 0 aliphatic rings. The number of nitrogens with zero attached hydrogens (tertiary/aromatic N) is 2. The van der Waals surface area contributed by atoms with Crippen LogP contribution in [0.5, 0.6) is 0 Å². The van der Waals surface area contributed by atoms with Crippen molar-refractivity contribution in [2.75, 3.05) is 32.1 Å². The highest BCUT2D eigenvalue weighted by atomic mass is 32.1. The molecule has 0 saturated carbocycles. The van der Waals surface area contributed by atoms with E-state index in [0.717, 1.165) is 33.7 Å². The van der Waals surface area contributed by atoms with Crippen LogP contribution in [0, 0.1) is 13.8 Å². The number of halogens is 3. The molecular formula is C18H20F3N3O3S. The molecule has 1 heterocycles. The second-order valence-corrected chi connectivity index (χ2v) is 7.21. The number of amides is 2. The maximum absolute atomic E-state index is 12.9. The van der Waals surface area contributed by atoms with Gasteiger partial charge < -0.3 is 15.0 Å². The smallest absolute Gasteiger partial charge is 0.383 e. The molecule has 1 aromatic heterocycles. The number of carbonyl (C=O) groups excluding carboxylic acids is 2. The third kappa shape index (κ3) is 5.77. The quantitative estimate of drug-likeness (QED) is 0.751. The van der Waals surface area contributed by atoms with Gasteiger partial charge in [-0.3, -0.25) is 9.59 Å². The van der Waals surface area contributed by atoms with Gasteiger partial charge in [0.2, 0.25) is 5.91 Å².